The third-order valence-corrected chi connectivity index (χ3v) is 6.40. The van der Waals surface area contributed by atoms with Crippen molar-refractivity contribution >= 4 is 23.9 Å². The van der Waals surface area contributed by atoms with Gasteiger partial charge in [0.15, 0.2) is 11.6 Å². The normalized spacial score (nSPS) is 18.0. The average Bonchev–Trinajstić information content (AvgIpc) is 3.68. The van der Waals surface area contributed by atoms with Gasteiger partial charge in [-0.2, -0.15) is 0 Å². The fourth-order valence-electron chi connectivity index (χ4n) is 4.05. The summed E-state index contributed by atoms with van der Waals surface area (Å²) < 4.78 is 49.1. The van der Waals surface area contributed by atoms with Gasteiger partial charge < -0.3 is 48.1 Å². The quantitative estimate of drug-likeness (QED) is 0.192. The number of rotatable bonds is 11. The Balaban J connectivity index is 0.000000400. The van der Waals surface area contributed by atoms with Gasteiger partial charge in [0.2, 0.25) is 0 Å². The van der Waals surface area contributed by atoms with Crippen molar-refractivity contribution in [3.8, 4) is 0 Å². The summed E-state index contributed by atoms with van der Waals surface area (Å²) >= 11 is 0.125. The molecule has 2 aromatic carbocycles. The number of aliphatic hydroxyl groups is 2. The van der Waals surface area contributed by atoms with Gasteiger partial charge in [-0.3, -0.25) is 0 Å². The molecular formula is C34H46O15Zn. The van der Waals surface area contributed by atoms with Crippen LogP contribution in [0.25, 0.3) is 0 Å². The molecule has 274 valence electrons. The van der Waals surface area contributed by atoms with Crippen molar-refractivity contribution in [2.45, 2.75) is 64.8 Å². The van der Waals surface area contributed by atoms with Crippen molar-refractivity contribution in [1.82, 2.24) is 0 Å². The van der Waals surface area contributed by atoms with Gasteiger partial charge in [-0.05, 0) is 82.6 Å². The zero-order valence-corrected chi connectivity index (χ0v) is 32.3. The van der Waals surface area contributed by atoms with Gasteiger partial charge in [0.1, 0.15) is 25.4 Å². The van der Waals surface area contributed by atoms with Crippen molar-refractivity contribution in [3.05, 3.63) is 70.8 Å². The van der Waals surface area contributed by atoms with E-state index in [1.807, 2.05) is 20.8 Å². The molecule has 0 amide bonds. The Hall–Kier alpha value is -3.50. The Bertz CT molecular complexity index is 1330. The van der Waals surface area contributed by atoms with Crippen LogP contribution in [0.4, 0.5) is 0 Å². The summed E-state index contributed by atoms with van der Waals surface area (Å²) in [5, 5.41) is 17.2. The van der Waals surface area contributed by atoms with Gasteiger partial charge in [-0.1, -0.05) is 6.92 Å². The Morgan fingerprint density at radius 1 is 0.680 bits per heavy atom. The molecule has 0 radical (unpaired) electrons. The van der Waals surface area contributed by atoms with E-state index >= 15 is 0 Å². The van der Waals surface area contributed by atoms with Crippen LogP contribution >= 0.6 is 0 Å². The van der Waals surface area contributed by atoms with Gasteiger partial charge in [0, 0.05) is 0 Å². The van der Waals surface area contributed by atoms with E-state index in [1.54, 1.807) is 26.0 Å². The van der Waals surface area contributed by atoms with Gasteiger partial charge in [0.05, 0.1) is 62.4 Å². The molecule has 4 rings (SSSR count). The van der Waals surface area contributed by atoms with E-state index in [2.05, 4.69) is 4.74 Å². The second-order valence-corrected chi connectivity index (χ2v) is 11.3. The second-order valence-electron chi connectivity index (χ2n) is 11.3. The number of hydrogen-bond acceptors (Lipinski definition) is 15. The first-order valence-corrected chi connectivity index (χ1v) is 16.9. The van der Waals surface area contributed by atoms with Crippen LogP contribution < -0.4 is 0 Å². The minimum absolute atomic E-state index is 0.0451. The number of aliphatic hydroxyl groups excluding tert-OH is 2. The summed E-state index contributed by atoms with van der Waals surface area (Å²) in [7, 11) is 1.31. The predicted molar refractivity (Wildman–Crippen MR) is 170 cm³/mol. The molecule has 0 spiro atoms. The summed E-state index contributed by atoms with van der Waals surface area (Å²) in [5.74, 6) is -3.01. The predicted octanol–water partition coefficient (Wildman–Crippen LogP) is 3.19. The zero-order valence-electron chi connectivity index (χ0n) is 29.3. The van der Waals surface area contributed by atoms with Crippen LogP contribution in [0.1, 0.15) is 82.5 Å². The Morgan fingerprint density at radius 2 is 1.06 bits per heavy atom. The number of methoxy groups -OCH3 is 1. The first-order valence-electron chi connectivity index (χ1n) is 15.7. The third-order valence-electron chi connectivity index (χ3n) is 6.40. The topological polar surface area (TPSA) is 200 Å². The molecule has 0 bridgehead atoms. The van der Waals surface area contributed by atoms with E-state index < -0.39 is 29.5 Å². The molecule has 0 saturated carbocycles. The summed E-state index contributed by atoms with van der Waals surface area (Å²) in [4.78, 5) is 46.1. The monoisotopic (exact) mass is 758 g/mol. The van der Waals surface area contributed by atoms with Crippen molar-refractivity contribution in [2.75, 3.05) is 53.4 Å². The Labute approximate surface area is 301 Å². The molecule has 0 aromatic heterocycles. The van der Waals surface area contributed by atoms with E-state index in [-0.39, 0.29) is 62.9 Å². The summed E-state index contributed by atoms with van der Waals surface area (Å²) in [5.41, 5.74) is 1.46. The molecule has 16 heteroatoms. The Morgan fingerprint density at radius 3 is 1.38 bits per heavy atom. The first-order chi connectivity index (χ1) is 23.7. The number of hydrogen-bond donors (Lipinski definition) is 2. The van der Waals surface area contributed by atoms with E-state index in [1.165, 1.54) is 43.5 Å². The van der Waals surface area contributed by atoms with E-state index in [9.17, 15) is 19.2 Å². The van der Waals surface area contributed by atoms with Crippen LogP contribution in [0, 0.1) is 0 Å². The summed E-state index contributed by atoms with van der Waals surface area (Å²) in [6.45, 7) is 10.3. The third kappa shape index (κ3) is 16.5. The molecule has 2 aliphatic rings. The van der Waals surface area contributed by atoms with Crippen molar-refractivity contribution < 1.29 is 89.1 Å². The van der Waals surface area contributed by atoms with Crippen molar-refractivity contribution in [2.24, 2.45) is 0 Å². The second kappa shape index (κ2) is 23.1. The maximum absolute atomic E-state index is 11.9. The molecule has 2 fully saturated rings. The van der Waals surface area contributed by atoms with Crippen LogP contribution in [-0.4, -0.2) is 111 Å². The zero-order chi connectivity index (χ0) is 37.7. The molecule has 2 unspecified atom stereocenters. The number of carbonyl (C=O) groups is 4. The van der Waals surface area contributed by atoms with Crippen LogP contribution in [0.15, 0.2) is 48.5 Å². The standard InChI is InChI=1S/C16H20O7.C12H14O4.C6H12O3.O.Zn/c1-16(2)22-10-13(23-16)9-21-15(19)12-5-3-11(4-6-12)14(18)20-8-7-17;1-3-8-16-12(14)10-6-4-9(5-7-10)11(13)15-2;1-6(2)8-4-5(3-7)9-6;;/h3-6,13,17H,7-10H2,1-2H3;4-7H,3,8H2,1-2H3;5,7H,3-4H2,1-2H3;;. The van der Waals surface area contributed by atoms with E-state index in [0.29, 0.717) is 42.1 Å². The number of ether oxygens (including phenoxy) is 8. The van der Waals surface area contributed by atoms with E-state index in [4.69, 9.17) is 46.9 Å². The molecule has 0 aliphatic carbocycles. The van der Waals surface area contributed by atoms with Crippen LogP contribution in [-0.2, 0) is 59.7 Å². The minimum atomic E-state index is -0.659. The molecule has 2 aromatic rings. The number of benzene rings is 2. The molecule has 2 aliphatic heterocycles. The molecule has 2 saturated heterocycles. The van der Waals surface area contributed by atoms with Crippen LogP contribution in [0.2, 0.25) is 0 Å². The number of esters is 4. The van der Waals surface area contributed by atoms with Crippen molar-refractivity contribution in [1.29, 1.82) is 0 Å². The first kappa shape index (κ1) is 44.5. The molecule has 2 N–H and O–H groups in total. The summed E-state index contributed by atoms with van der Waals surface area (Å²) in [6.07, 6.45) is 0.369. The Kier molecular flexibility index (Phi) is 20.5. The number of carbonyl (C=O) groups excluding carboxylic acids is 4. The fraction of sp³-hybridized carbons (Fsp3) is 0.529. The molecule has 2 heterocycles. The fourth-order valence-corrected chi connectivity index (χ4v) is 4.05. The summed E-state index contributed by atoms with van der Waals surface area (Å²) in [6, 6.07) is 12.1. The van der Waals surface area contributed by atoms with Crippen LogP contribution in [0.3, 0.4) is 0 Å². The SMILES string of the molecule is CC1(C)OCC(CO)O1.CC1(C)OCC(COC(=O)c2ccc(C(=O)OCCO)cc2)O1.CCCOC(=O)c1ccc(C(=O)OC)cc1.[O]=[Zn]. The van der Waals surface area contributed by atoms with Gasteiger partial charge in [-0.25, -0.2) is 19.2 Å². The van der Waals surface area contributed by atoms with Gasteiger partial charge in [0.25, 0.3) is 0 Å². The van der Waals surface area contributed by atoms with Crippen molar-refractivity contribution in [3.63, 3.8) is 0 Å². The van der Waals surface area contributed by atoms with E-state index in [0.717, 1.165) is 6.42 Å². The molecular weight excluding hydrogens is 714 g/mol. The average molecular weight is 760 g/mol. The van der Waals surface area contributed by atoms with Crippen LogP contribution in [0.5, 0.6) is 0 Å². The molecule has 15 nitrogen and oxygen atoms in total. The van der Waals surface area contributed by atoms with Gasteiger partial charge in [-0.15, -0.1) is 0 Å². The maximum atomic E-state index is 11.9. The van der Waals surface area contributed by atoms with Gasteiger partial charge >= 0.3 is 45.7 Å². The molecule has 2 atom stereocenters. The molecule has 50 heavy (non-hydrogen) atoms.